The van der Waals surface area contributed by atoms with Crippen LogP contribution in [0.1, 0.15) is 36.2 Å². The highest BCUT2D eigenvalue weighted by Gasteiger charge is 2.20. The summed E-state index contributed by atoms with van der Waals surface area (Å²) in [6, 6.07) is 13.1. The Hall–Kier alpha value is -3.53. The summed E-state index contributed by atoms with van der Waals surface area (Å²) in [5.41, 5.74) is 1.11. The molecule has 1 amide bonds. The summed E-state index contributed by atoms with van der Waals surface area (Å²) < 4.78 is 16.0. The number of amides is 1. The summed E-state index contributed by atoms with van der Waals surface area (Å²) in [6.45, 7) is 3.99. The van der Waals surface area contributed by atoms with E-state index in [1.165, 1.54) is 26.2 Å². The predicted molar refractivity (Wildman–Crippen MR) is 103 cm³/mol. The van der Waals surface area contributed by atoms with Gasteiger partial charge in [0.15, 0.2) is 17.6 Å². The van der Waals surface area contributed by atoms with Gasteiger partial charge in [-0.1, -0.05) is 13.0 Å². The topological polar surface area (TPSA) is 97.6 Å². The third kappa shape index (κ3) is 5.48. The number of carbonyl (C=O) groups is 2. The molecule has 0 bridgehead atoms. The van der Waals surface area contributed by atoms with Gasteiger partial charge in [0.25, 0.3) is 5.91 Å². The molecule has 2 aromatic carbocycles. The molecule has 1 N–H and O–H groups in total. The molecule has 0 radical (unpaired) electrons. The van der Waals surface area contributed by atoms with Gasteiger partial charge in [-0.05, 0) is 49.7 Å². The van der Waals surface area contributed by atoms with Crippen molar-refractivity contribution in [1.29, 1.82) is 5.26 Å². The number of ether oxygens (including phenoxy) is 3. The Morgan fingerprint density at radius 1 is 1.18 bits per heavy atom. The van der Waals surface area contributed by atoms with E-state index in [0.29, 0.717) is 29.4 Å². The minimum absolute atomic E-state index is 0.242. The van der Waals surface area contributed by atoms with E-state index >= 15 is 0 Å². The van der Waals surface area contributed by atoms with E-state index in [0.717, 1.165) is 6.42 Å². The summed E-state index contributed by atoms with van der Waals surface area (Å²) in [6.07, 6.45) is -0.183. The zero-order valence-corrected chi connectivity index (χ0v) is 16.0. The molecule has 0 fully saturated rings. The van der Waals surface area contributed by atoms with Gasteiger partial charge in [0, 0.05) is 5.69 Å². The summed E-state index contributed by atoms with van der Waals surface area (Å²) in [5, 5.41) is 11.5. The molecule has 2 aromatic rings. The lowest BCUT2D eigenvalue weighted by molar-refractivity contribution is -0.123. The van der Waals surface area contributed by atoms with E-state index < -0.39 is 18.0 Å². The molecule has 0 unspecified atom stereocenters. The van der Waals surface area contributed by atoms with Crippen molar-refractivity contribution >= 4 is 17.6 Å². The van der Waals surface area contributed by atoms with Gasteiger partial charge in [0.05, 0.1) is 30.9 Å². The molecule has 0 spiro atoms. The van der Waals surface area contributed by atoms with E-state index in [1.807, 2.05) is 13.0 Å². The number of hydrogen-bond acceptors (Lipinski definition) is 6. The number of benzene rings is 2. The maximum atomic E-state index is 12.4. The number of esters is 1. The van der Waals surface area contributed by atoms with Crippen LogP contribution in [0.4, 0.5) is 5.69 Å². The Labute approximate surface area is 163 Å². The molecule has 1 atom stereocenters. The number of rotatable bonds is 8. The molecule has 2 rings (SSSR count). The number of nitriles is 1. The Balaban J connectivity index is 2.02. The lowest BCUT2D eigenvalue weighted by atomic mass is 10.2. The fraction of sp³-hybridized carbons (Fsp3) is 0.286. The maximum Gasteiger partial charge on any atom is 0.339 e. The summed E-state index contributed by atoms with van der Waals surface area (Å²) in [4.78, 5) is 24.6. The van der Waals surface area contributed by atoms with E-state index in [1.54, 1.807) is 30.3 Å². The third-order valence-corrected chi connectivity index (χ3v) is 3.77. The molecule has 0 aliphatic carbocycles. The number of nitrogens with one attached hydrogen (secondary N) is 1. The lowest BCUT2D eigenvalue weighted by Gasteiger charge is -2.15. The van der Waals surface area contributed by atoms with Crippen LogP contribution in [-0.4, -0.2) is 31.7 Å². The van der Waals surface area contributed by atoms with Crippen molar-refractivity contribution in [2.45, 2.75) is 26.4 Å². The van der Waals surface area contributed by atoms with Crippen LogP contribution in [0.5, 0.6) is 11.5 Å². The normalized spacial score (nSPS) is 11.1. The van der Waals surface area contributed by atoms with Gasteiger partial charge in [0.1, 0.15) is 0 Å². The maximum absolute atomic E-state index is 12.4. The van der Waals surface area contributed by atoms with Gasteiger partial charge in [-0.2, -0.15) is 5.26 Å². The van der Waals surface area contributed by atoms with Gasteiger partial charge in [0.2, 0.25) is 0 Å². The molecular formula is C21H22N2O5. The Morgan fingerprint density at radius 2 is 1.96 bits per heavy atom. The third-order valence-electron chi connectivity index (χ3n) is 3.77. The van der Waals surface area contributed by atoms with Crippen molar-refractivity contribution < 1.29 is 23.8 Å². The van der Waals surface area contributed by atoms with Crippen LogP contribution in [0.2, 0.25) is 0 Å². The molecule has 28 heavy (non-hydrogen) atoms. The fourth-order valence-corrected chi connectivity index (χ4v) is 2.32. The van der Waals surface area contributed by atoms with Crippen molar-refractivity contribution in [3.05, 3.63) is 53.6 Å². The van der Waals surface area contributed by atoms with Gasteiger partial charge < -0.3 is 19.5 Å². The predicted octanol–water partition coefficient (Wildman–Crippen LogP) is 3.54. The van der Waals surface area contributed by atoms with Gasteiger partial charge in [-0.15, -0.1) is 0 Å². The highest BCUT2D eigenvalue weighted by molar-refractivity contribution is 5.97. The molecule has 7 heteroatoms. The highest BCUT2D eigenvalue weighted by atomic mass is 16.5. The Bertz CT molecular complexity index is 889. The minimum atomic E-state index is -1.03. The van der Waals surface area contributed by atoms with Crippen LogP contribution < -0.4 is 14.8 Å². The second kappa shape index (κ2) is 9.97. The van der Waals surface area contributed by atoms with Crippen LogP contribution in [0.3, 0.4) is 0 Å². The molecule has 0 aliphatic rings. The largest absolute Gasteiger partial charge is 0.493 e. The first-order valence-electron chi connectivity index (χ1n) is 8.81. The van der Waals surface area contributed by atoms with Crippen LogP contribution in [-0.2, 0) is 9.53 Å². The second-order valence-electron chi connectivity index (χ2n) is 5.94. The Morgan fingerprint density at radius 3 is 2.64 bits per heavy atom. The lowest BCUT2D eigenvalue weighted by Crippen LogP contribution is -2.30. The molecule has 146 valence electrons. The zero-order valence-electron chi connectivity index (χ0n) is 16.0. The smallest absolute Gasteiger partial charge is 0.339 e. The number of methoxy groups -OCH3 is 1. The average Bonchev–Trinajstić information content (AvgIpc) is 2.71. The summed E-state index contributed by atoms with van der Waals surface area (Å²) in [7, 11) is 1.48. The highest BCUT2D eigenvalue weighted by Crippen LogP contribution is 2.28. The molecule has 0 saturated heterocycles. The van der Waals surface area contributed by atoms with Crippen LogP contribution in [0.15, 0.2) is 42.5 Å². The standard InChI is InChI=1S/C21H22N2O5/c1-4-10-27-18-9-8-16(12-19(18)26-3)21(25)28-14(2)20(24)23-17-7-5-6-15(11-17)13-22/h5-9,11-12,14H,4,10H2,1-3H3,(H,23,24)/t14-/m0/s1. The van der Waals surface area contributed by atoms with E-state index in [-0.39, 0.29) is 5.56 Å². The van der Waals surface area contributed by atoms with Gasteiger partial charge in [-0.25, -0.2) is 4.79 Å². The molecule has 0 aromatic heterocycles. The van der Waals surface area contributed by atoms with Crippen LogP contribution >= 0.6 is 0 Å². The second-order valence-corrected chi connectivity index (χ2v) is 5.94. The van der Waals surface area contributed by atoms with Crippen molar-refractivity contribution in [3.63, 3.8) is 0 Å². The van der Waals surface area contributed by atoms with E-state index in [9.17, 15) is 9.59 Å². The number of anilines is 1. The monoisotopic (exact) mass is 382 g/mol. The number of nitrogens with zero attached hydrogens (tertiary/aromatic N) is 1. The average molecular weight is 382 g/mol. The molecule has 0 saturated carbocycles. The van der Waals surface area contributed by atoms with Crippen LogP contribution in [0.25, 0.3) is 0 Å². The van der Waals surface area contributed by atoms with Crippen molar-refractivity contribution in [2.75, 3.05) is 19.0 Å². The van der Waals surface area contributed by atoms with E-state index in [4.69, 9.17) is 19.5 Å². The zero-order chi connectivity index (χ0) is 20.5. The van der Waals surface area contributed by atoms with Crippen molar-refractivity contribution in [3.8, 4) is 17.6 Å². The quantitative estimate of drug-likeness (QED) is 0.701. The number of hydrogen-bond donors (Lipinski definition) is 1. The van der Waals surface area contributed by atoms with Crippen molar-refractivity contribution in [1.82, 2.24) is 0 Å². The van der Waals surface area contributed by atoms with E-state index in [2.05, 4.69) is 5.32 Å². The van der Waals surface area contributed by atoms with Gasteiger partial charge >= 0.3 is 5.97 Å². The Kier molecular flexibility index (Phi) is 7.40. The number of carbonyl (C=O) groups excluding carboxylic acids is 2. The first-order chi connectivity index (χ1) is 13.5. The first-order valence-corrected chi connectivity index (χ1v) is 8.81. The summed E-state index contributed by atoms with van der Waals surface area (Å²) >= 11 is 0. The SMILES string of the molecule is CCCOc1ccc(C(=O)O[C@@H](C)C(=O)Nc2cccc(C#N)c2)cc1OC. The minimum Gasteiger partial charge on any atom is -0.493 e. The fourth-order valence-electron chi connectivity index (χ4n) is 2.32. The first kappa shape index (κ1) is 20.8. The van der Waals surface area contributed by atoms with Gasteiger partial charge in [-0.3, -0.25) is 4.79 Å². The molecular weight excluding hydrogens is 360 g/mol. The molecule has 0 aliphatic heterocycles. The van der Waals surface area contributed by atoms with Crippen LogP contribution in [0, 0.1) is 11.3 Å². The molecule has 0 heterocycles. The molecule has 7 nitrogen and oxygen atoms in total. The van der Waals surface area contributed by atoms with Crippen molar-refractivity contribution in [2.24, 2.45) is 0 Å². The summed E-state index contributed by atoms with van der Waals surface area (Å²) in [5.74, 6) is -0.218.